The standard InChI is InChI=1S/C16H16N6O2S2/c1-3-8-22-14(11-6-4-5-7-12(11)23)19-21-16(22)25-9-13(24)17-15-20-18-10(2)26-15/h3-7,23H,1,8-9H2,2H3,(H,17,20,24). The molecule has 2 heterocycles. The first-order valence-corrected chi connectivity index (χ1v) is 9.44. The number of hydrogen-bond donors (Lipinski definition) is 2. The number of amides is 1. The number of aryl methyl sites for hydroxylation is 1. The van der Waals surface area contributed by atoms with Crippen molar-refractivity contribution in [3.63, 3.8) is 0 Å². The van der Waals surface area contributed by atoms with Crippen molar-refractivity contribution in [1.82, 2.24) is 25.0 Å². The van der Waals surface area contributed by atoms with Gasteiger partial charge in [0.2, 0.25) is 11.0 Å². The first-order valence-electron chi connectivity index (χ1n) is 7.63. The second kappa shape index (κ2) is 8.11. The van der Waals surface area contributed by atoms with Crippen LogP contribution in [-0.2, 0) is 11.3 Å². The molecule has 0 saturated carbocycles. The highest BCUT2D eigenvalue weighted by Crippen LogP contribution is 2.30. The van der Waals surface area contributed by atoms with E-state index in [0.717, 1.165) is 5.01 Å². The van der Waals surface area contributed by atoms with Gasteiger partial charge in [-0.2, -0.15) is 0 Å². The van der Waals surface area contributed by atoms with E-state index in [9.17, 15) is 9.90 Å². The van der Waals surface area contributed by atoms with Gasteiger partial charge in [0.15, 0.2) is 11.0 Å². The fraction of sp³-hybridized carbons (Fsp3) is 0.188. The molecule has 2 aromatic heterocycles. The van der Waals surface area contributed by atoms with Crippen LogP contribution in [0.4, 0.5) is 5.13 Å². The predicted molar refractivity (Wildman–Crippen MR) is 101 cm³/mol. The summed E-state index contributed by atoms with van der Waals surface area (Å²) >= 11 is 2.56. The number of carbonyl (C=O) groups excluding carboxylic acids is 1. The van der Waals surface area contributed by atoms with E-state index in [-0.39, 0.29) is 17.4 Å². The number of phenolic OH excluding ortho intramolecular Hbond substituents is 1. The molecule has 134 valence electrons. The maximum atomic E-state index is 12.1. The first kappa shape index (κ1) is 18.1. The molecule has 0 radical (unpaired) electrons. The fourth-order valence-electron chi connectivity index (χ4n) is 2.18. The SMILES string of the molecule is C=CCn1c(SCC(=O)Nc2nnc(C)s2)nnc1-c1ccccc1O. The summed E-state index contributed by atoms with van der Waals surface area (Å²) in [6, 6.07) is 6.90. The number of hydrogen-bond acceptors (Lipinski definition) is 8. The smallest absolute Gasteiger partial charge is 0.236 e. The number of aromatic nitrogens is 5. The minimum atomic E-state index is -0.205. The molecule has 3 rings (SSSR count). The Morgan fingerprint density at radius 1 is 1.35 bits per heavy atom. The Balaban J connectivity index is 1.74. The average Bonchev–Trinajstić information content (AvgIpc) is 3.20. The maximum Gasteiger partial charge on any atom is 0.236 e. The summed E-state index contributed by atoms with van der Waals surface area (Å²) in [6.45, 7) is 6.02. The Morgan fingerprint density at radius 2 is 2.15 bits per heavy atom. The van der Waals surface area contributed by atoms with Crippen molar-refractivity contribution < 1.29 is 9.90 Å². The molecule has 0 unspecified atom stereocenters. The number of thioether (sulfide) groups is 1. The molecule has 26 heavy (non-hydrogen) atoms. The summed E-state index contributed by atoms with van der Waals surface area (Å²) in [7, 11) is 0. The van der Waals surface area contributed by atoms with Gasteiger partial charge in [-0.1, -0.05) is 41.3 Å². The molecule has 0 fully saturated rings. The van der Waals surface area contributed by atoms with Crippen molar-refractivity contribution in [1.29, 1.82) is 0 Å². The minimum Gasteiger partial charge on any atom is -0.507 e. The Morgan fingerprint density at radius 3 is 2.85 bits per heavy atom. The van der Waals surface area contributed by atoms with E-state index in [1.807, 2.05) is 13.0 Å². The molecule has 3 aromatic rings. The number of carbonyl (C=O) groups is 1. The van der Waals surface area contributed by atoms with Gasteiger partial charge in [0.1, 0.15) is 10.8 Å². The molecule has 0 aliphatic rings. The van der Waals surface area contributed by atoms with E-state index in [4.69, 9.17) is 0 Å². The van der Waals surface area contributed by atoms with Gasteiger partial charge in [-0.25, -0.2) is 0 Å². The predicted octanol–water partition coefficient (Wildman–Crippen LogP) is 2.73. The number of allylic oxidation sites excluding steroid dienone is 1. The van der Waals surface area contributed by atoms with Crippen molar-refractivity contribution in [3.05, 3.63) is 41.9 Å². The van der Waals surface area contributed by atoms with Crippen molar-refractivity contribution >= 4 is 34.1 Å². The van der Waals surface area contributed by atoms with Gasteiger partial charge in [0.05, 0.1) is 11.3 Å². The molecule has 0 spiro atoms. The highest BCUT2D eigenvalue weighted by atomic mass is 32.2. The number of phenols is 1. The van der Waals surface area contributed by atoms with Gasteiger partial charge in [0.25, 0.3) is 0 Å². The van der Waals surface area contributed by atoms with Gasteiger partial charge in [-0.05, 0) is 19.1 Å². The molecule has 1 aromatic carbocycles. The average molecular weight is 388 g/mol. The number of anilines is 1. The Labute approximate surface area is 158 Å². The van der Waals surface area contributed by atoms with Crippen molar-refractivity contribution in [2.75, 3.05) is 11.1 Å². The van der Waals surface area contributed by atoms with E-state index in [1.165, 1.54) is 23.1 Å². The topological polar surface area (TPSA) is 106 Å². The van der Waals surface area contributed by atoms with Crippen LogP contribution in [0.15, 0.2) is 42.1 Å². The number of benzene rings is 1. The number of aromatic hydroxyl groups is 1. The molecular weight excluding hydrogens is 372 g/mol. The van der Waals surface area contributed by atoms with Crippen LogP contribution in [0.25, 0.3) is 11.4 Å². The number of rotatable bonds is 7. The second-order valence-corrected chi connectivity index (χ2v) is 7.31. The van der Waals surface area contributed by atoms with Crippen molar-refractivity contribution in [2.24, 2.45) is 0 Å². The van der Waals surface area contributed by atoms with Crippen molar-refractivity contribution in [3.8, 4) is 17.1 Å². The van der Waals surface area contributed by atoms with Gasteiger partial charge < -0.3 is 5.11 Å². The molecule has 8 nitrogen and oxygen atoms in total. The molecule has 0 atom stereocenters. The highest BCUT2D eigenvalue weighted by Gasteiger charge is 2.17. The highest BCUT2D eigenvalue weighted by molar-refractivity contribution is 7.99. The lowest BCUT2D eigenvalue weighted by molar-refractivity contribution is -0.113. The fourth-order valence-corrected chi connectivity index (χ4v) is 3.54. The Bertz CT molecular complexity index is 936. The minimum absolute atomic E-state index is 0.117. The summed E-state index contributed by atoms with van der Waals surface area (Å²) in [5.41, 5.74) is 0.572. The molecule has 1 amide bonds. The second-order valence-electron chi connectivity index (χ2n) is 5.19. The van der Waals surface area contributed by atoms with Gasteiger partial charge in [-0.3, -0.25) is 14.7 Å². The van der Waals surface area contributed by atoms with Crippen LogP contribution >= 0.6 is 23.1 Å². The summed E-state index contributed by atoms with van der Waals surface area (Å²) in [5, 5.41) is 30.6. The lowest BCUT2D eigenvalue weighted by Crippen LogP contribution is -2.14. The van der Waals surface area contributed by atoms with Crippen LogP contribution in [0.5, 0.6) is 5.75 Å². The molecule has 0 bridgehead atoms. The van der Waals surface area contributed by atoms with Gasteiger partial charge >= 0.3 is 0 Å². The quantitative estimate of drug-likeness (QED) is 0.473. The summed E-state index contributed by atoms with van der Waals surface area (Å²) in [4.78, 5) is 12.1. The van der Waals surface area contributed by atoms with E-state index in [0.29, 0.717) is 28.2 Å². The van der Waals surface area contributed by atoms with Crippen LogP contribution in [0.3, 0.4) is 0 Å². The Kier molecular flexibility index (Phi) is 5.64. The van der Waals surface area contributed by atoms with E-state index in [2.05, 4.69) is 32.3 Å². The van der Waals surface area contributed by atoms with Crippen molar-refractivity contribution in [2.45, 2.75) is 18.6 Å². The van der Waals surface area contributed by atoms with E-state index < -0.39 is 0 Å². The third-order valence-corrected chi connectivity index (χ3v) is 5.00. The van der Waals surface area contributed by atoms with E-state index >= 15 is 0 Å². The van der Waals surface area contributed by atoms with Crippen LogP contribution in [0.2, 0.25) is 0 Å². The molecule has 0 aliphatic carbocycles. The van der Waals surface area contributed by atoms with E-state index in [1.54, 1.807) is 28.8 Å². The maximum absolute atomic E-state index is 12.1. The monoisotopic (exact) mass is 388 g/mol. The zero-order valence-electron chi connectivity index (χ0n) is 13.9. The third-order valence-electron chi connectivity index (χ3n) is 3.28. The summed E-state index contributed by atoms with van der Waals surface area (Å²) < 4.78 is 1.80. The lowest BCUT2D eigenvalue weighted by Gasteiger charge is -2.08. The third kappa shape index (κ3) is 4.09. The number of para-hydroxylation sites is 1. The number of nitrogens with zero attached hydrogens (tertiary/aromatic N) is 5. The molecular formula is C16H16N6O2S2. The zero-order chi connectivity index (χ0) is 18.5. The normalized spacial score (nSPS) is 10.7. The van der Waals surface area contributed by atoms with Crippen LogP contribution in [0, 0.1) is 6.92 Å². The molecule has 0 saturated heterocycles. The largest absolute Gasteiger partial charge is 0.507 e. The van der Waals surface area contributed by atoms with Crippen LogP contribution in [-0.4, -0.2) is 41.7 Å². The lowest BCUT2D eigenvalue weighted by atomic mass is 10.2. The molecule has 2 N–H and O–H groups in total. The summed E-state index contributed by atoms with van der Waals surface area (Å²) in [6.07, 6.45) is 1.71. The Hall–Kier alpha value is -2.72. The van der Waals surface area contributed by atoms with Gasteiger partial charge in [-0.15, -0.1) is 27.0 Å². The molecule has 10 heteroatoms. The first-order chi connectivity index (χ1) is 12.6. The number of nitrogens with one attached hydrogen (secondary N) is 1. The summed E-state index contributed by atoms with van der Waals surface area (Å²) in [5.74, 6) is 0.578. The van der Waals surface area contributed by atoms with Crippen LogP contribution in [0.1, 0.15) is 5.01 Å². The van der Waals surface area contributed by atoms with Crippen LogP contribution < -0.4 is 5.32 Å². The van der Waals surface area contributed by atoms with Gasteiger partial charge in [0, 0.05) is 6.54 Å². The zero-order valence-corrected chi connectivity index (χ0v) is 15.5. The molecule has 0 aliphatic heterocycles.